The average Bonchev–Trinajstić information content (AvgIpc) is 2.47. The molecule has 23 heavy (non-hydrogen) atoms. The summed E-state index contributed by atoms with van der Waals surface area (Å²) in [6, 6.07) is 4.84. The summed E-state index contributed by atoms with van der Waals surface area (Å²) in [5.74, 6) is -0.0361. The van der Waals surface area contributed by atoms with Crippen molar-refractivity contribution in [3.63, 3.8) is 0 Å². The summed E-state index contributed by atoms with van der Waals surface area (Å²) in [5.41, 5.74) is 2.13. The molecule has 4 nitrogen and oxygen atoms in total. The van der Waals surface area contributed by atoms with Crippen molar-refractivity contribution in [3.05, 3.63) is 45.1 Å². The second kappa shape index (κ2) is 7.51. The highest BCUT2D eigenvalue weighted by atomic mass is 35.5. The SMILES string of the molecule is CCN(CC)C(=O)C1=C(C)NC(=S)N[C@H]1c1ccc(Cl)cc1Cl. The number of amides is 1. The summed E-state index contributed by atoms with van der Waals surface area (Å²) < 4.78 is 0. The van der Waals surface area contributed by atoms with Gasteiger partial charge in [-0.3, -0.25) is 4.79 Å². The Balaban J connectivity index is 2.52. The van der Waals surface area contributed by atoms with Crippen LogP contribution in [0.5, 0.6) is 0 Å². The quantitative estimate of drug-likeness (QED) is 0.792. The van der Waals surface area contributed by atoms with Crippen LogP contribution in [0.1, 0.15) is 32.4 Å². The van der Waals surface area contributed by atoms with Crippen molar-refractivity contribution in [3.8, 4) is 0 Å². The Morgan fingerprint density at radius 3 is 2.52 bits per heavy atom. The van der Waals surface area contributed by atoms with Gasteiger partial charge in [0.2, 0.25) is 0 Å². The van der Waals surface area contributed by atoms with E-state index in [1.165, 1.54) is 0 Å². The molecule has 0 saturated carbocycles. The van der Waals surface area contributed by atoms with E-state index in [-0.39, 0.29) is 5.91 Å². The van der Waals surface area contributed by atoms with Crippen molar-refractivity contribution in [1.29, 1.82) is 0 Å². The van der Waals surface area contributed by atoms with E-state index in [2.05, 4.69) is 10.6 Å². The Bertz CT molecular complexity index is 671. The van der Waals surface area contributed by atoms with Gasteiger partial charge >= 0.3 is 0 Å². The number of nitrogens with one attached hydrogen (secondary N) is 2. The number of hydrogen-bond acceptors (Lipinski definition) is 2. The topological polar surface area (TPSA) is 44.4 Å². The number of rotatable bonds is 4. The third-order valence-electron chi connectivity index (χ3n) is 3.82. The van der Waals surface area contributed by atoms with Crippen molar-refractivity contribution in [2.45, 2.75) is 26.8 Å². The van der Waals surface area contributed by atoms with E-state index in [0.29, 0.717) is 33.8 Å². The van der Waals surface area contributed by atoms with Gasteiger partial charge in [-0.25, -0.2) is 0 Å². The van der Waals surface area contributed by atoms with Crippen LogP contribution in [0.3, 0.4) is 0 Å². The largest absolute Gasteiger partial charge is 0.351 e. The fraction of sp³-hybridized carbons (Fsp3) is 0.375. The molecular formula is C16H19Cl2N3OS. The molecule has 1 aromatic rings. The first-order valence-electron chi connectivity index (χ1n) is 7.41. The number of halogens is 2. The maximum Gasteiger partial charge on any atom is 0.253 e. The number of carbonyl (C=O) groups is 1. The lowest BCUT2D eigenvalue weighted by atomic mass is 9.94. The zero-order valence-corrected chi connectivity index (χ0v) is 15.6. The summed E-state index contributed by atoms with van der Waals surface area (Å²) in [6.45, 7) is 7.03. The van der Waals surface area contributed by atoms with Gasteiger partial charge in [-0.1, -0.05) is 29.3 Å². The molecule has 1 aliphatic heterocycles. The number of allylic oxidation sites excluding steroid dienone is 1. The van der Waals surface area contributed by atoms with E-state index in [1.54, 1.807) is 17.0 Å². The number of benzene rings is 1. The summed E-state index contributed by atoms with van der Waals surface area (Å²) in [7, 11) is 0. The maximum atomic E-state index is 12.9. The van der Waals surface area contributed by atoms with E-state index in [1.807, 2.05) is 26.8 Å². The smallest absolute Gasteiger partial charge is 0.253 e. The summed E-state index contributed by atoms with van der Waals surface area (Å²) >= 11 is 17.6. The Morgan fingerprint density at radius 2 is 1.96 bits per heavy atom. The predicted octanol–water partition coefficient (Wildman–Crippen LogP) is 3.65. The highest BCUT2D eigenvalue weighted by molar-refractivity contribution is 7.80. The van der Waals surface area contributed by atoms with E-state index in [0.717, 1.165) is 11.3 Å². The predicted molar refractivity (Wildman–Crippen MR) is 98.7 cm³/mol. The molecule has 0 bridgehead atoms. The molecule has 1 aromatic carbocycles. The van der Waals surface area contributed by atoms with E-state index in [9.17, 15) is 4.79 Å². The number of hydrogen-bond donors (Lipinski definition) is 2. The van der Waals surface area contributed by atoms with Crippen LogP contribution in [0.4, 0.5) is 0 Å². The summed E-state index contributed by atoms with van der Waals surface area (Å²) in [5, 5.41) is 7.69. The zero-order valence-electron chi connectivity index (χ0n) is 13.2. The minimum absolute atomic E-state index is 0.0361. The van der Waals surface area contributed by atoms with E-state index >= 15 is 0 Å². The second-order valence-corrected chi connectivity index (χ2v) is 6.47. The lowest BCUT2D eigenvalue weighted by Gasteiger charge is -2.33. The molecule has 1 atom stereocenters. The van der Waals surface area contributed by atoms with Gasteiger partial charge in [-0.15, -0.1) is 0 Å². The lowest BCUT2D eigenvalue weighted by molar-refractivity contribution is -0.127. The first kappa shape index (κ1) is 18.0. The summed E-state index contributed by atoms with van der Waals surface area (Å²) in [6.07, 6.45) is 0. The molecule has 1 amide bonds. The van der Waals surface area contributed by atoms with Gasteiger partial charge in [0.05, 0.1) is 11.6 Å². The molecule has 0 fully saturated rings. The standard InChI is InChI=1S/C16H19Cl2N3OS/c1-4-21(5-2)15(22)13-9(3)19-16(23)20-14(13)11-7-6-10(17)8-12(11)18/h6-8,14H,4-5H2,1-3H3,(H2,19,20,23)/t14-/m0/s1. The molecule has 0 aromatic heterocycles. The first-order chi connectivity index (χ1) is 10.9. The highest BCUT2D eigenvalue weighted by Gasteiger charge is 2.32. The Hall–Kier alpha value is -1.30. The van der Waals surface area contributed by atoms with Crippen LogP contribution in [0.25, 0.3) is 0 Å². The Kier molecular flexibility index (Phi) is 5.89. The van der Waals surface area contributed by atoms with Crippen molar-refractivity contribution >= 4 is 46.4 Å². The minimum Gasteiger partial charge on any atom is -0.351 e. The number of carbonyl (C=O) groups excluding carboxylic acids is 1. The Morgan fingerprint density at radius 1 is 1.30 bits per heavy atom. The highest BCUT2D eigenvalue weighted by Crippen LogP contribution is 2.33. The first-order valence-corrected chi connectivity index (χ1v) is 8.57. The van der Waals surface area contributed by atoms with Crippen molar-refractivity contribution in [2.24, 2.45) is 0 Å². The van der Waals surface area contributed by atoms with Gasteiger partial charge in [0.25, 0.3) is 5.91 Å². The van der Waals surface area contributed by atoms with Gasteiger partial charge in [0.1, 0.15) is 0 Å². The molecule has 0 radical (unpaired) electrons. The van der Waals surface area contributed by atoms with Gasteiger partial charge in [0.15, 0.2) is 5.11 Å². The molecule has 0 unspecified atom stereocenters. The van der Waals surface area contributed by atoms with Crippen molar-refractivity contribution in [1.82, 2.24) is 15.5 Å². The molecule has 124 valence electrons. The van der Waals surface area contributed by atoms with Crippen LogP contribution < -0.4 is 10.6 Å². The van der Waals surface area contributed by atoms with Gasteiger partial charge < -0.3 is 15.5 Å². The lowest BCUT2D eigenvalue weighted by Crippen LogP contribution is -2.47. The molecule has 0 aliphatic carbocycles. The van der Waals surface area contributed by atoms with Crippen molar-refractivity contribution in [2.75, 3.05) is 13.1 Å². The van der Waals surface area contributed by atoms with Gasteiger partial charge in [-0.05, 0) is 50.7 Å². The molecule has 0 spiro atoms. The third-order valence-corrected chi connectivity index (χ3v) is 4.61. The van der Waals surface area contributed by atoms with Crippen molar-refractivity contribution < 1.29 is 4.79 Å². The van der Waals surface area contributed by atoms with Crippen LogP contribution >= 0.6 is 35.4 Å². The van der Waals surface area contributed by atoms with Gasteiger partial charge in [0, 0.05) is 28.8 Å². The fourth-order valence-electron chi connectivity index (χ4n) is 2.63. The van der Waals surface area contributed by atoms with E-state index < -0.39 is 6.04 Å². The Labute approximate surface area is 151 Å². The number of likely N-dealkylation sites (N-methyl/N-ethyl adjacent to an activating group) is 1. The fourth-order valence-corrected chi connectivity index (χ4v) is 3.42. The van der Waals surface area contributed by atoms with Crippen LogP contribution in [-0.2, 0) is 4.79 Å². The summed E-state index contributed by atoms with van der Waals surface area (Å²) in [4.78, 5) is 14.7. The molecule has 2 N–H and O–H groups in total. The van der Waals surface area contributed by atoms with Crippen LogP contribution in [0, 0.1) is 0 Å². The molecule has 1 heterocycles. The number of thiocarbonyl (C=S) groups is 1. The molecule has 0 saturated heterocycles. The minimum atomic E-state index is -0.401. The zero-order chi connectivity index (χ0) is 17.1. The molecular weight excluding hydrogens is 353 g/mol. The monoisotopic (exact) mass is 371 g/mol. The van der Waals surface area contributed by atoms with Crippen LogP contribution in [0.2, 0.25) is 10.0 Å². The maximum absolute atomic E-state index is 12.9. The van der Waals surface area contributed by atoms with Crippen LogP contribution in [0.15, 0.2) is 29.5 Å². The molecule has 1 aliphatic rings. The van der Waals surface area contributed by atoms with E-state index in [4.69, 9.17) is 35.4 Å². The second-order valence-electron chi connectivity index (χ2n) is 5.21. The third kappa shape index (κ3) is 3.79. The number of nitrogens with zero attached hydrogens (tertiary/aromatic N) is 1. The van der Waals surface area contributed by atoms with Gasteiger partial charge in [-0.2, -0.15) is 0 Å². The molecule has 7 heteroatoms. The molecule has 2 rings (SSSR count). The van der Waals surface area contributed by atoms with Crippen LogP contribution in [-0.4, -0.2) is 29.0 Å². The average molecular weight is 372 g/mol. The normalized spacial score (nSPS) is 17.6.